The molecule has 0 spiro atoms. The van der Waals surface area contributed by atoms with Crippen LogP contribution in [0, 0.1) is 5.92 Å². The van der Waals surface area contributed by atoms with Crippen LogP contribution in [0.3, 0.4) is 0 Å². The summed E-state index contributed by atoms with van der Waals surface area (Å²) in [4.78, 5) is 13.6. The van der Waals surface area contributed by atoms with E-state index in [0.29, 0.717) is 5.02 Å². The van der Waals surface area contributed by atoms with Gasteiger partial charge in [0.15, 0.2) is 0 Å². The van der Waals surface area contributed by atoms with Crippen molar-refractivity contribution >= 4 is 39.1 Å². The van der Waals surface area contributed by atoms with Crippen LogP contribution in [0.5, 0.6) is 0 Å². The smallest absolute Gasteiger partial charge is 0.229 e. The van der Waals surface area contributed by atoms with E-state index < -0.39 is 0 Å². The van der Waals surface area contributed by atoms with Gasteiger partial charge in [-0.05, 0) is 18.6 Å². The molecule has 0 saturated heterocycles. The number of amides is 1. The van der Waals surface area contributed by atoms with E-state index in [1.54, 1.807) is 4.90 Å². The van der Waals surface area contributed by atoms with Gasteiger partial charge in [-0.2, -0.15) is 0 Å². The average Bonchev–Trinajstić information content (AvgIpc) is 2.28. The predicted molar refractivity (Wildman–Crippen MR) is 73.7 cm³/mol. The molecule has 1 unspecified atom stereocenters. The SMILES string of the molecule is CC1CC=C(c2ccc(Cl)cc2Br)N(C)C1=O. The Morgan fingerprint density at radius 2 is 2.18 bits per heavy atom. The molecule has 1 amide bonds. The quantitative estimate of drug-likeness (QED) is 0.769. The summed E-state index contributed by atoms with van der Waals surface area (Å²) in [6.07, 6.45) is 2.88. The number of hydrogen-bond acceptors (Lipinski definition) is 1. The standard InChI is InChI=1S/C13H13BrClNO/c1-8-3-6-12(16(2)13(8)17)10-5-4-9(15)7-11(10)14/h4-8H,3H2,1-2H3. The van der Waals surface area contributed by atoms with E-state index in [1.165, 1.54) is 0 Å². The summed E-state index contributed by atoms with van der Waals surface area (Å²) in [5.41, 5.74) is 1.94. The van der Waals surface area contributed by atoms with Crippen molar-refractivity contribution in [1.29, 1.82) is 0 Å². The fourth-order valence-corrected chi connectivity index (χ4v) is 2.85. The van der Waals surface area contributed by atoms with Crippen molar-refractivity contribution in [2.24, 2.45) is 5.92 Å². The van der Waals surface area contributed by atoms with Crippen LogP contribution >= 0.6 is 27.5 Å². The summed E-state index contributed by atoms with van der Waals surface area (Å²) < 4.78 is 0.908. The van der Waals surface area contributed by atoms with E-state index >= 15 is 0 Å². The van der Waals surface area contributed by atoms with Gasteiger partial charge in [0.25, 0.3) is 0 Å². The third-order valence-corrected chi connectivity index (χ3v) is 3.88. The molecule has 90 valence electrons. The topological polar surface area (TPSA) is 20.3 Å². The van der Waals surface area contributed by atoms with Crippen molar-refractivity contribution < 1.29 is 4.79 Å². The predicted octanol–water partition coefficient (Wildman–Crippen LogP) is 3.94. The summed E-state index contributed by atoms with van der Waals surface area (Å²) in [7, 11) is 1.81. The molecule has 1 heterocycles. The van der Waals surface area contributed by atoms with Crippen LogP contribution in [0.4, 0.5) is 0 Å². The normalized spacial score (nSPS) is 20.5. The number of nitrogens with zero attached hydrogens (tertiary/aromatic N) is 1. The molecule has 0 radical (unpaired) electrons. The maximum Gasteiger partial charge on any atom is 0.229 e. The van der Waals surface area contributed by atoms with E-state index in [1.807, 2.05) is 32.2 Å². The van der Waals surface area contributed by atoms with Crippen molar-refractivity contribution in [1.82, 2.24) is 4.90 Å². The lowest BCUT2D eigenvalue weighted by atomic mass is 9.98. The third-order valence-electron chi connectivity index (χ3n) is 2.99. The molecule has 4 heteroatoms. The van der Waals surface area contributed by atoms with Crippen LogP contribution in [-0.2, 0) is 4.79 Å². The zero-order valence-electron chi connectivity index (χ0n) is 9.71. The molecule has 0 aliphatic carbocycles. The minimum absolute atomic E-state index is 0.0647. The van der Waals surface area contributed by atoms with Gasteiger partial charge in [0.05, 0.1) is 0 Å². The van der Waals surface area contributed by atoms with E-state index in [0.717, 1.165) is 22.2 Å². The molecule has 2 nitrogen and oxygen atoms in total. The number of carbonyl (C=O) groups is 1. The summed E-state index contributed by atoms with van der Waals surface area (Å²) >= 11 is 9.40. The maximum absolute atomic E-state index is 11.9. The molecular formula is C13H13BrClNO. The van der Waals surface area contributed by atoms with Crippen molar-refractivity contribution in [3.63, 3.8) is 0 Å². The first-order valence-electron chi connectivity index (χ1n) is 5.44. The largest absolute Gasteiger partial charge is 0.315 e. The number of rotatable bonds is 1. The second-order valence-electron chi connectivity index (χ2n) is 4.25. The Hall–Kier alpha value is -0.800. The Morgan fingerprint density at radius 3 is 2.82 bits per heavy atom. The second kappa shape index (κ2) is 4.83. The maximum atomic E-state index is 11.9. The third kappa shape index (κ3) is 2.40. The lowest BCUT2D eigenvalue weighted by Crippen LogP contribution is -2.33. The van der Waals surface area contributed by atoms with Gasteiger partial charge in [0.2, 0.25) is 5.91 Å². The highest BCUT2D eigenvalue weighted by Gasteiger charge is 2.25. The van der Waals surface area contributed by atoms with Crippen molar-refractivity contribution in [2.75, 3.05) is 7.05 Å². The molecule has 1 aliphatic heterocycles. The van der Waals surface area contributed by atoms with Gasteiger partial charge < -0.3 is 4.90 Å². The van der Waals surface area contributed by atoms with Crippen LogP contribution < -0.4 is 0 Å². The molecule has 2 rings (SSSR count). The van der Waals surface area contributed by atoms with Crippen LogP contribution in [0.15, 0.2) is 28.7 Å². The minimum atomic E-state index is 0.0647. The van der Waals surface area contributed by atoms with E-state index in [-0.39, 0.29) is 11.8 Å². The van der Waals surface area contributed by atoms with Crippen molar-refractivity contribution in [3.8, 4) is 0 Å². The number of halogens is 2. The molecule has 17 heavy (non-hydrogen) atoms. The summed E-state index contributed by atoms with van der Waals surface area (Å²) in [6.45, 7) is 1.95. The van der Waals surface area contributed by atoms with E-state index in [4.69, 9.17) is 11.6 Å². The van der Waals surface area contributed by atoms with Gasteiger partial charge in [-0.25, -0.2) is 0 Å². The minimum Gasteiger partial charge on any atom is -0.315 e. The Balaban J connectivity index is 2.43. The van der Waals surface area contributed by atoms with Crippen LogP contribution in [0.1, 0.15) is 18.9 Å². The highest BCUT2D eigenvalue weighted by molar-refractivity contribution is 9.10. The lowest BCUT2D eigenvalue weighted by Gasteiger charge is -2.29. The average molecular weight is 315 g/mol. The summed E-state index contributed by atoms with van der Waals surface area (Å²) in [6, 6.07) is 5.60. The first-order chi connectivity index (χ1) is 8.00. The number of carbonyl (C=O) groups excluding carboxylic acids is 1. The van der Waals surface area contributed by atoms with Gasteiger partial charge in [-0.3, -0.25) is 4.79 Å². The van der Waals surface area contributed by atoms with Gasteiger partial charge in [-0.1, -0.05) is 46.6 Å². The van der Waals surface area contributed by atoms with Crippen LogP contribution in [0.25, 0.3) is 5.70 Å². The van der Waals surface area contributed by atoms with Crippen LogP contribution in [0.2, 0.25) is 5.02 Å². The fraction of sp³-hybridized carbons (Fsp3) is 0.308. The fourth-order valence-electron chi connectivity index (χ4n) is 1.96. The number of benzene rings is 1. The van der Waals surface area contributed by atoms with Crippen molar-refractivity contribution in [3.05, 3.63) is 39.3 Å². The van der Waals surface area contributed by atoms with Crippen molar-refractivity contribution in [2.45, 2.75) is 13.3 Å². The number of hydrogen-bond donors (Lipinski definition) is 0. The lowest BCUT2D eigenvalue weighted by molar-refractivity contribution is -0.131. The number of allylic oxidation sites excluding steroid dienone is 1. The van der Waals surface area contributed by atoms with Gasteiger partial charge >= 0.3 is 0 Å². The molecule has 0 fully saturated rings. The summed E-state index contributed by atoms with van der Waals surface area (Å²) in [5, 5.41) is 0.680. The van der Waals surface area contributed by atoms with Gasteiger partial charge in [0.1, 0.15) is 0 Å². The van der Waals surface area contributed by atoms with Crippen LogP contribution in [-0.4, -0.2) is 17.9 Å². The van der Waals surface area contributed by atoms with E-state index in [2.05, 4.69) is 22.0 Å². The van der Waals surface area contributed by atoms with E-state index in [9.17, 15) is 4.79 Å². The molecule has 0 N–H and O–H groups in total. The zero-order valence-corrected chi connectivity index (χ0v) is 12.0. The Morgan fingerprint density at radius 1 is 1.47 bits per heavy atom. The molecule has 1 aromatic carbocycles. The van der Waals surface area contributed by atoms with Gasteiger partial charge in [-0.15, -0.1) is 0 Å². The highest BCUT2D eigenvalue weighted by Crippen LogP contribution is 2.32. The summed E-state index contributed by atoms with van der Waals surface area (Å²) in [5.74, 6) is 0.221. The first-order valence-corrected chi connectivity index (χ1v) is 6.61. The Kier molecular flexibility index (Phi) is 3.59. The zero-order chi connectivity index (χ0) is 12.6. The molecule has 1 aromatic rings. The molecule has 1 aliphatic rings. The molecular weight excluding hydrogens is 302 g/mol. The second-order valence-corrected chi connectivity index (χ2v) is 5.54. The Labute approximate surface area is 114 Å². The molecule has 0 saturated carbocycles. The first kappa shape index (κ1) is 12.7. The Bertz CT molecular complexity index is 498. The molecule has 0 aromatic heterocycles. The highest BCUT2D eigenvalue weighted by atomic mass is 79.9. The molecule has 1 atom stereocenters. The van der Waals surface area contributed by atoms with Gasteiger partial charge in [0, 0.05) is 33.7 Å². The monoisotopic (exact) mass is 313 g/mol. The molecule has 0 bridgehead atoms.